The molecular weight excluding hydrogens is 505 g/mol. The third-order valence-electron chi connectivity index (χ3n) is 5.46. The second-order valence-electron chi connectivity index (χ2n) is 8.60. The molecule has 0 unspecified atom stereocenters. The number of hydrogen-bond donors (Lipinski definition) is 5. The van der Waals surface area contributed by atoms with Crippen molar-refractivity contribution in [2.24, 2.45) is 11.7 Å². The van der Waals surface area contributed by atoms with Crippen molar-refractivity contribution >= 4 is 65.8 Å². The summed E-state index contributed by atoms with van der Waals surface area (Å²) in [7, 11) is 0. The minimum atomic E-state index is -1.04. The highest BCUT2D eigenvalue weighted by molar-refractivity contribution is 7.80. The molecule has 6 nitrogen and oxygen atoms in total. The van der Waals surface area contributed by atoms with E-state index in [4.69, 9.17) is 5.73 Å². The number of thiol groups is 1. The van der Waals surface area contributed by atoms with Gasteiger partial charge in [0.25, 0.3) is 5.91 Å². The van der Waals surface area contributed by atoms with Crippen LogP contribution in [-0.4, -0.2) is 41.4 Å². The van der Waals surface area contributed by atoms with Crippen LogP contribution >= 0.6 is 37.4 Å². The standard InChI is InChI=1S/C26H31N3O3S.2ClH/c1-16(2)12-24(26(31)32)29-25(30)22-11-10-19(28-14-18(27)15-33)13-23(22)21-9-5-7-17-6-3-4-8-20(17)21;;/h3-11,13,16,18,24,28,33H,12,14-15,27H2,1-2H3,(H,29,30)(H,31,32);2*1H/t18-,24+;;/m1../s1. The van der Waals surface area contributed by atoms with E-state index in [1.807, 2.05) is 68.4 Å². The number of benzene rings is 3. The first-order chi connectivity index (χ1) is 15.8. The van der Waals surface area contributed by atoms with Crippen molar-refractivity contribution in [3.8, 4) is 11.1 Å². The molecular formula is C26H33Cl2N3O3S. The first-order valence-electron chi connectivity index (χ1n) is 11.1. The van der Waals surface area contributed by atoms with E-state index in [9.17, 15) is 14.7 Å². The van der Waals surface area contributed by atoms with E-state index in [0.717, 1.165) is 27.6 Å². The summed E-state index contributed by atoms with van der Waals surface area (Å²) >= 11 is 4.23. The number of amides is 1. The van der Waals surface area contributed by atoms with Crippen LogP contribution in [0.5, 0.6) is 0 Å². The molecule has 5 N–H and O–H groups in total. The van der Waals surface area contributed by atoms with Crippen molar-refractivity contribution in [2.45, 2.75) is 32.4 Å². The molecule has 3 aromatic carbocycles. The van der Waals surface area contributed by atoms with Gasteiger partial charge in [-0.3, -0.25) is 4.79 Å². The van der Waals surface area contributed by atoms with Gasteiger partial charge in [-0.05, 0) is 52.4 Å². The van der Waals surface area contributed by atoms with Crippen LogP contribution in [0.25, 0.3) is 21.9 Å². The van der Waals surface area contributed by atoms with E-state index in [1.165, 1.54) is 0 Å². The van der Waals surface area contributed by atoms with Crippen LogP contribution in [-0.2, 0) is 4.79 Å². The van der Waals surface area contributed by atoms with Gasteiger partial charge >= 0.3 is 5.97 Å². The SMILES string of the molecule is CC(C)C[C@H](NC(=O)c1ccc(NC[C@@H](N)CS)cc1-c1cccc2ccccc12)C(=O)O.Cl.Cl. The Morgan fingerprint density at radius 2 is 1.69 bits per heavy atom. The Morgan fingerprint density at radius 3 is 2.34 bits per heavy atom. The smallest absolute Gasteiger partial charge is 0.326 e. The Balaban J connectivity index is 0.00000306. The molecule has 2 atom stereocenters. The number of aliphatic carboxylic acids is 1. The van der Waals surface area contributed by atoms with Gasteiger partial charge in [0.2, 0.25) is 0 Å². The molecule has 190 valence electrons. The molecule has 1 amide bonds. The molecule has 3 rings (SSSR count). The molecule has 0 aliphatic rings. The highest BCUT2D eigenvalue weighted by Gasteiger charge is 2.24. The van der Waals surface area contributed by atoms with Gasteiger partial charge in [0.15, 0.2) is 0 Å². The number of carboxylic acid groups (broad SMARTS) is 1. The van der Waals surface area contributed by atoms with E-state index in [0.29, 0.717) is 24.3 Å². The van der Waals surface area contributed by atoms with Gasteiger partial charge in [0, 0.05) is 29.6 Å². The number of anilines is 1. The maximum Gasteiger partial charge on any atom is 0.326 e. The molecule has 0 radical (unpaired) electrons. The quantitative estimate of drug-likeness (QED) is 0.227. The van der Waals surface area contributed by atoms with Gasteiger partial charge in [-0.25, -0.2) is 4.79 Å². The van der Waals surface area contributed by atoms with Crippen LogP contribution in [0.15, 0.2) is 60.7 Å². The van der Waals surface area contributed by atoms with Crippen LogP contribution < -0.4 is 16.4 Å². The Morgan fingerprint density at radius 1 is 1.00 bits per heavy atom. The summed E-state index contributed by atoms with van der Waals surface area (Å²) in [4.78, 5) is 25.0. The lowest BCUT2D eigenvalue weighted by Gasteiger charge is -2.19. The second-order valence-corrected chi connectivity index (χ2v) is 8.97. The van der Waals surface area contributed by atoms with E-state index in [-0.39, 0.29) is 36.8 Å². The Bertz CT molecular complexity index is 1140. The topological polar surface area (TPSA) is 104 Å². The molecule has 9 heteroatoms. The zero-order valence-corrected chi connectivity index (χ0v) is 22.3. The molecule has 0 spiro atoms. The first-order valence-corrected chi connectivity index (χ1v) is 11.7. The first kappa shape index (κ1) is 30.6. The zero-order chi connectivity index (χ0) is 24.0. The van der Waals surface area contributed by atoms with Crippen LogP contribution in [0.3, 0.4) is 0 Å². The summed E-state index contributed by atoms with van der Waals surface area (Å²) in [5, 5.41) is 17.7. The number of carboxylic acids is 1. The predicted molar refractivity (Wildman–Crippen MR) is 153 cm³/mol. The fourth-order valence-electron chi connectivity index (χ4n) is 3.78. The number of carbonyl (C=O) groups excluding carboxylic acids is 1. The van der Waals surface area contributed by atoms with Gasteiger partial charge in [0.1, 0.15) is 6.04 Å². The normalized spacial score (nSPS) is 12.3. The van der Waals surface area contributed by atoms with Crippen LogP contribution in [0, 0.1) is 5.92 Å². The van der Waals surface area contributed by atoms with Gasteiger partial charge in [-0.2, -0.15) is 12.6 Å². The Hall–Kier alpha value is -2.45. The number of rotatable bonds is 10. The minimum absolute atomic E-state index is 0. The second kappa shape index (κ2) is 14.2. The highest BCUT2D eigenvalue weighted by Crippen LogP contribution is 2.33. The predicted octanol–water partition coefficient (Wildman–Crippen LogP) is 5.25. The summed E-state index contributed by atoms with van der Waals surface area (Å²) < 4.78 is 0. The summed E-state index contributed by atoms with van der Waals surface area (Å²) in [6.07, 6.45) is 0.353. The van der Waals surface area contributed by atoms with Crippen molar-refractivity contribution in [1.82, 2.24) is 5.32 Å². The average Bonchev–Trinajstić information content (AvgIpc) is 2.81. The number of halogens is 2. The Labute approximate surface area is 224 Å². The molecule has 0 bridgehead atoms. The summed E-state index contributed by atoms with van der Waals surface area (Å²) in [6.45, 7) is 4.40. The maximum absolute atomic E-state index is 13.3. The lowest BCUT2D eigenvalue weighted by Crippen LogP contribution is -2.41. The van der Waals surface area contributed by atoms with Crippen LogP contribution in [0.2, 0.25) is 0 Å². The highest BCUT2D eigenvalue weighted by atomic mass is 35.5. The largest absolute Gasteiger partial charge is 0.480 e. The number of carbonyl (C=O) groups is 2. The van der Waals surface area contributed by atoms with Gasteiger partial charge in [-0.15, -0.1) is 24.8 Å². The molecule has 0 heterocycles. The molecule has 0 saturated heterocycles. The molecule has 0 fully saturated rings. The fraction of sp³-hybridized carbons (Fsp3) is 0.308. The van der Waals surface area contributed by atoms with E-state index < -0.39 is 17.9 Å². The summed E-state index contributed by atoms with van der Waals surface area (Å²) in [6, 6.07) is 18.3. The van der Waals surface area contributed by atoms with E-state index >= 15 is 0 Å². The van der Waals surface area contributed by atoms with Gasteiger partial charge < -0.3 is 21.5 Å². The molecule has 0 aliphatic heterocycles. The van der Waals surface area contributed by atoms with Crippen molar-refractivity contribution in [2.75, 3.05) is 17.6 Å². The zero-order valence-electron chi connectivity index (χ0n) is 19.7. The van der Waals surface area contributed by atoms with Gasteiger partial charge in [0.05, 0.1) is 0 Å². The van der Waals surface area contributed by atoms with Crippen molar-refractivity contribution in [3.05, 3.63) is 66.2 Å². The van der Waals surface area contributed by atoms with E-state index in [2.05, 4.69) is 23.3 Å². The van der Waals surface area contributed by atoms with Gasteiger partial charge in [-0.1, -0.05) is 56.3 Å². The minimum Gasteiger partial charge on any atom is -0.480 e. The lowest BCUT2D eigenvalue weighted by molar-refractivity contribution is -0.139. The maximum atomic E-state index is 13.3. The lowest BCUT2D eigenvalue weighted by atomic mass is 9.93. The summed E-state index contributed by atoms with van der Waals surface area (Å²) in [5.41, 5.74) is 8.85. The van der Waals surface area contributed by atoms with Crippen LogP contribution in [0.4, 0.5) is 5.69 Å². The van der Waals surface area contributed by atoms with Crippen LogP contribution in [0.1, 0.15) is 30.6 Å². The molecule has 0 aliphatic carbocycles. The number of hydrogen-bond acceptors (Lipinski definition) is 5. The average molecular weight is 539 g/mol. The molecule has 35 heavy (non-hydrogen) atoms. The van der Waals surface area contributed by atoms with E-state index in [1.54, 1.807) is 6.07 Å². The van der Waals surface area contributed by atoms with Crippen molar-refractivity contribution in [3.63, 3.8) is 0 Å². The third-order valence-corrected chi connectivity index (χ3v) is 5.93. The monoisotopic (exact) mass is 537 g/mol. The number of fused-ring (bicyclic) bond motifs is 1. The van der Waals surface area contributed by atoms with Crippen molar-refractivity contribution in [1.29, 1.82) is 0 Å². The molecule has 0 aromatic heterocycles. The fourth-order valence-corrected chi connectivity index (χ4v) is 3.91. The number of nitrogens with one attached hydrogen (secondary N) is 2. The molecule has 3 aromatic rings. The molecule has 0 saturated carbocycles. The number of nitrogens with two attached hydrogens (primary N) is 1. The van der Waals surface area contributed by atoms with Crippen molar-refractivity contribution < 1.29 is 14.7 Å². The summed E-state index contributed by atoms with van der Waals surface area (Å²) in [5.74, 6) is -0.769. The Kier molecular flexibility index (Phi) is 12.4. The third kappa shape index (κ3) is 8.04.